The summed E-state index contributed by atoms with van der Waals surface area (Å²) in [5.74, 6) is 0.923. The number of methoxy groups -OCH3 is 1. The first-order valence-corrected chi connectivity index (χ1v) is 11.2. The summed E-state index contributed by atoms with van der Waals surface area (Å²) >= 11 is 1.53. The van der Waals surface area contributed by atoms with E-state index in [1.165, 1.54) is 11.8 Å². The number of nitrogens with zero attached hydrogens (tertiary/aromatic N) is 2. The van der Waals surface area contributed by atoms with Gasteiger partial charge in [0.15, 0.2) is 5.17 Å². The summed E-state index contributed by atoms with van der Waals surface area (Å²) in [7, 11) is 1.55. The molecule has 2 aliphatic heterocycles. The molecule has 0 aromatic heterocycles. The van der Waals surface area contributed by atoms with E-state index >= 15 is 0 Å². The maximum absolute atomic E-state index is 12.9. The zero-order chi connectivity index (χ0) is 21.5. The lowest BCUT2D eigenvalue weighted by Crippen LogP contribution is -2.45. The Hall–Kier alpha value is -2.32. The molecule has 0 radical (unpaired) electrons. The van der Waals surface area contributed by atoms with Crippen molar-refractivity contribution in [3.8, 4) is 5.75 Å². The second kappa shape index (κ2) is 10.6. The third-order valence-electron chi connectivity index (χ3n) is 4.91. The summed E-state index contributed by atoms with van der Waals surface area (Å²) in [5.41, 5.74) is 1.77. The van der Waals surface area contributed by atoms with E-state index in [2.05, 4.69) is 11.9 Å². The van der Waals surface area contributed by atoms with Crippen LogP contribution in [0.15, 0.2) is 40.5 Å². The molecule has 1 aromatic carbocycles. The second-order valence-electron chi connectivity index (χ2n) is 7.06. The highest BCUT2D eigenvalue weighted by Crippen LogP contribution is 2.40. The van der Waals surface area contributed by atoms with Crippen LogP contribution in [0, 0.1) is 0 Å². The van der Waals surface area contributed by atoms with E-state index in [0.717, 1.165) is 24.2 Å². The SMILES string of the molecule is CCCCOc1ccc([C@H]2C(C(=O)OCCOC)=C(C)N=C3SCCC(=O)N32)cc1. The van der Waals surface area contributed by atoms with Crippen LogP contribution in [0.25, 0.3) is 0 Å². The number of esters is 1. The molecule has 7 nitrogen and oxygen atoms in total. The molecule has 8 heteroatoms. The van der Waals surface area contributed by atoms with Crippen molar-refractivity contribution in [1.29, 1.82) is 0 Å². The Morgan fingerprint density at radius 1 is 1.23 bits per heavy atom. The number of thioether (sulfide) groups is 1. The minimum atomic E-state index is -0.572. The highest BCUT2D eigenvalue weighted by atomic mass is 32.2. The molecular weight excluding hydrogens is 404 g/mol. The molecule has 1 saturated heterocycles. The van der Waals surface area contributed by atoms with Gasteiger partial charge in [0.25, 0.3) is 0 Å². The zero-order valence-corrected chi connectivity index (χ0v) is 18.5. The molecule has 1 fully saturated rings. The summed E-state index contributed by atoms with van der Waals surface area (Å²) in [6.07, 6.45) is 2.46. The number of unbranched alkanes of at least 4 members (excludes halogenated alkanes) is 1. The Balaban J connectivity index is 1.93. The van der Waals surface area contributed by atoms with Crippen molar-refractivity contribution in [3.63, 3.8) is 0 Å². The van der Waals surface area contributed by atoms with Gasteiger partial charge in [0.2, 0.25) is 5.91 Å². The minimum Gasteiger partial charge on any atom is -0.494 e. The number of amides is 1. The molecular formula is C22H28N2O5S. The molecule has 30 heavy (non-hydrogen) atoms. The molecule has 2 aliphatic rings. The molecule has 0 N–H and O–H groups in total. The maximum Gasteiger partial charge on any atom is 0.338 e. The summed E-state index contributed by atoms with van der Waals surface area (Å²) in [4.78, 5) is 31.9. The van der Waals surface area contributed by atoms with E-state index in [9.17, 15) is 9.59 Å². The number of allylic oxidation sites excluding steroid dienone is 1. The van der Waals surface area contributed by atoms with E-state index in [0.29, 0.717) is 41.8 Å². The fourth-order valence-electron chi connectivity index (χ4n) is 3.35. The average molecular weight is 433 g/mol. The highest BCUT2D eigenvalue weighted by Gasteiger charge is 2.41. The van der Waals surface area contributed by atoms with E-state index < -0.39 is 12.0 Å². The fourth-order valence-corrected chi connectivity index (χ4v) is 4.36. The monoisotopic (exact) mass is 432 g/mol. The molecule has 0 unspecified atom stereocenters. The van der Waals surface area contributed by atoms with Crippen LogP contribution in [0.5, 0.6) is 5.75 Å². The topological polar surface area (TPSA) is 77.4 Å². The number of hydrogen-bond donors (Lipinski definition) is 0. The van der Waals surface area contributed by atoms with Crippen molar-refractivity contribution in [1.82, 2.24) is 4.90 Å². The number of hydrogen-bond acceptors (Lipinski definition) is 7. The van der Waals surface area contributed by atoms with Crippen molar-refractivity contribution < 1.29 is 23.8 Å². The summed E-state index contributed by atoms with van der Waals surface area (Å²) in [6.45, 7) is 5.01. The van der Waals surface area contributed by atoms with Gasteiger partial charge in [0.05, 0.1) is 30.5 Å². The Labute approximate surface area is 181 Å². The number of aliphatic imine (C=N–C) groups is 1. The van der Waals surface area contributed by atoms with Gasteiger partial charge < -0.3 is 14.2 Å². The molecule has 0 bridgehead atoms. The van der Waals surface area contributed by atoms with Gasteiger partial charge >= 0.3 is 5.97 Å². The lowest BCUT2D eigenvalue weighted by atomic mass is 9.94. The molecule has 162 valence electrons. The summed E-state index contributed by atoms with van der Waals surface area (Å²) in [6, 6.07) is 6.98. The fraction of sp³-hybridized carbons (Fsp3) is 0.500. The van der Waals surface area contributed by atoms with Crippen LogP contribution in [0.3, 0.4) is 0 Å². The van der Waals surface area contributed by atoms with E-state index in [1.54, 1.807) is 18.9 Å². The maximum atomic E-state index is 12.9. The van der Waals surface area contributed by atoms with Gasteiger partial charge in [-0.1, -0.05) is 37.2 Å². The number of fused-ring (bicyclic) bond motifs is 1. The Bertz CT molecular complexity index is 834. The Kier molecular flexibility index (Phi) is 7.93. The van der Waals surface area contributed by atoms with Gasteiger partial charge in [-0.15, -0.1) is 0 Å². The molecule has 0 spiro atoms. The Morgan fingerprint density at radius 2 is 2.00 bits per heavy atom. The first-order chi connectivity index (χ1) is 14.6. The van der Waals surface area contributed by atoms with E-state index in [4.69, 9.17) is 14.2 Å². The highest BCUT2D eigenvalue weighted by molar-refractivity contribution is 8.14. The van der Waals surface area contributed by atoms with Crippen LogP contribution >= 0.6 is 11.8 Å². The van der Waals surface area contributed by atoms with Gasteiger partial charge in [-0.25, -0.2) is 9.79 Å². The number of carbonyl (C=O) groups excluding carboxylic acids is 2. The molecule has 0 aliphatic carbocycles. The Morgan fingerprint density at radius 3 is 2.70 bits per heavy atom. The van der Waals surface area contributed by atoms with Crippen LogP contribution in [-0.4, -0.2) is 54.6 Å². The van der Waals surface area contributed by atoms with Gasteiger partial charge in [0, 0.05) is 19.3 Å². The van der Waals surface area contributed by atoms with Crippen LogP contribution in [-0.2, 0) is 19.1 Å². The standard InChI is InChI=1S/C22H28N2O5S/c1-4-5-11-28-17-8-6-16(7-9-17)20-19(21(26)29-13-12-27-3)15(2)23-22-24(20)18(25)10-14-30-22/h6-9,20H,4-5,10-14H2,1-3H3/t20-/m0/s1. The summed E-state index contributed by atoms with van der Waals surface area (Å²) in [5, 5.41) is 0.630. The van der Waals surface area contributed by atoms with Gasteiger partial charge in [0.1, 0.15) is 12.4 Å². The first kappa shape index (κ1) is 22.4. The third kappa shape index (κ3) is 5.05. The summed E-state index contributed by atoms with van der Waals surface area (Å²) < 4.78 is 16.1. The van der Waals surface area contributed by atoms with Crippen LogP contribution < -0.4 is 4.74 Å². The molecule has 1 atom stereocenters. The second-order valence-corrected chi connectivity index (χ2v) is 8.12. The molecule has 3 rings (SSSR count). The predicted molar refractivity (Wildman–Crippen MR) is 116 cm³/mol. The van der Waals surface area contributed by atoms with E-state index in [1.807, 2.05) is 24.3 Å². The predicted octanol–water partition coefficient (Wildman–Crippen LogP) is 3.71. The number of carbonyl (C=O) groups is 2. The molecule has 0 saturated carbocycles. The van der Waals surface area contributed by atoms with Crippen molar-refractivity contribution in [2.45, 2.75) is 39.2 Å². The van der Waals surface area contributed by atoms with Crippen molar-refractivity contribution >= 4 is 28.8 Å². The lowest BCUT2D eigenvalue weighted by molar-refractivity contribution is -0.141. The number of benzene rings is 1. The van der Waals surface area contributed by atoms with Gasteiger partial charge in [-0.2, -0.15) is 0 Å². The lowest BCUT2D eigenvalue weighted by Gasteiger charge is -2.38. The number of amidine groups is 1. The van der Waals surface area contributed by atoms with Crippen molar-refractivity contribution in [2.24, 2.45) is 4.99 Å². The largest absolute Gasteiger partial charge is 0.494 e. The average Bonchev–Trinajstić information content (AvgIpc) is 2.74. The number of ether oxygens (including phenoxy) is 3. The van der Waals surface area contributed by atoms with Crippen molar-refractivity contribution in [2.75, 3.05) is 32.7 Å². The first-order valence-electron chi connectivity index (χ1n) is 10.2. The molecule has 1 aromatic rings. The van der Waals surface area contributed by atoms with Crippen LogP contribution in [0.2, 0.25) is 0 Å². The minimum absolute atomic E-state index is 0.0459. The van der Waals surface area contributed by atoms with Gasteiger partial charge in [-0.3, -0.25) is 9.69 Å². The quantitative estimate of drug-likeness (QED) is 0.437. The zero-order valence-electron chi connectivity index (χ0n) is 17.7. The molecule has 1 amide bonds. The van der Waals surface area contributed by atoms with Crippen LogP contribution in [0.4, 0.5) is 0 Å². The van der Waals surface area contributed by atoms with Crippen molar-refractivity contribution in [3.05, 3.63) is 41.1 Å². The molecule has 2 heterocycles. The van der Waals surface area contributed by atoms with Gasteiger partial charge in [-0.05, 0) is 31.0 Å². The van der Waals surface area contributed by atoms with E-state index in [-0.39, 0.29) is 12.5 Å². The third-order valence-corrected chi connectivity index (χ3v) is 5.86. The normalized spacial score (nSPS) is 18.8. The van der Waals surface area contributed by atoms with Crippen LogP contribution in [0.1, 0.15) is 44.7 Å². The smallest absolute Gasteiger partial charge is 0.338 e. The number of rotatable bonds is 9.